The molecular formula is C69H85Cl6F9N12O11. The number of aromatic nitrogens is 6. The summed E-state index contributed by atoms with van der Waals surface area (Å²) in [6, 6.07) is 26.1. The predicted octanol–water partition coefficient (Wildman–Crippen LogP) is 14.2. The standard InChI is InChI=1S/C21H23Cl2F3N4O4.C19H21Cl2F3N4O3.C19H23ClN2O2.C7H6ClF3N2O2.3CH4/c1-12-19(23)20(21(24,25)26)27-30(12)10-18(32)28-6-7-29(15(9-28)11-34-13(2)31)14-4-5-16(22)17(8-14)33-3;1-11-17(21)18(19(22,23)24)25-28(11)9-16(30)26-5-6-27(13(8-26)10-29)12-3-4-14(20)15(7-12)31-2;1-23-19-11-16(7-8-18(19)20)22-10-9-21-12-17(22)14-24-13-15-5-3-2-4-6-15;1-3-5(8)6(7(9,10)11)12-13(3)2-4(14)15;;;/h4-5,8,15H,6-7,9-11H2,1-3H3;3-4,7,13,29H,5-6,8-10H2,1-2H3;2-8,11,17,21H,9-10,12-14H2,1H3;2H2,1H3,(H,14,15);3*1H4/t15-;13-;17-;;;;/m111..../s1. The molecule has 7 aromatic rings. The second-order valence-corrected chi connectivity index (χ2v) is 25.8. The van der Waals surface area contributed by atoms with Gasteiger partial charge in [-0.15, -0.1) is 0 Å². The predicted molar refractivity (Wildman–Crippen MR) is 392 cm³/mol. The van der Waals surface area contributed by atoms with Gasteiger partial charge in [0.25, 0.3) is 0 Å². The number of halogens is 15. The van der Waals surface area contributed by atoms with Crippen molar-refractivity contribution in [3.63, 3.8) is 0 Å². The summed E-state index contributed by atoms with van der Waals surface area (Å²) in [4.78, 5) is 56.6. The molecule has 0 unspecified atom stereocenters. The van der Waals surface area contributed by atoms with E-state index in [0.717, 1.165) is 46.1 Å². The van der Waals surface area contributed by atoms with Gasteiger partial charge in [-0.3, -0.25) is 33.2 Å². The number of benzene rings is 4. The van der Waals surface area contributed by atoms with Crippen LogP contribution in [0.2, 0.25) is 30.1 Å². The fourth-order valence-electron chi connectivity index (χ4n) is 11.1. The molecule has 0 spiro atoms. The molecule has 0 radical (unpaired) electrons. The molecule has 0 bridgehead atoms. The molecule has 3 N–H and O–H groups in total. The van der Waals surface area contributed by atoms with E-state index in [9.17, 15) is 63.8 Å². The Morgan fingerprint density at radius 3 is 1.25 bits per heavy atom. The van der Waals surface area contributed by atoms with Crippen molar-refractivity contribution < 1.29 is 92.6 Å². The highest BCUT2D eigenvalue weighted by Crippen LogP contribution is 2.40. The fourth-order valence-corrected chi connectivity index (χ4v) is 12.4. The number of nitrogens with zero attached hydrogens (tertiary/aromatic N) is 11. The molecule has 0 saturated carbocycles. The Hall–Kier alpha value is -7.82. The number of anilines is 3. The third-order valence-electron chi connectivity index (χ3n) is 16.6. The molecule has 3 atom stereocenters. The first-order valence-electron chi connectivity index (χ1n) is 31.5. The van der Waals surface area contributed by atoms with E-state index in [1.807, 2.05) is 46.2 Å². The van der Waals surface area contributed by atoms with Gasteiger partial charge in [0.05, 0.1) is 106 Å². The number of rotatable bonds is 19. The Balaban J connectivity index is 0.000000309. The lowest BCUT2D eigenvalue weighted by Gasteiger charge is -2.42. The van der Waals surface area contributed by atoms with E-state index < -0.39 is 99.6 Å². The number of hydrogen-bond acceptors (Lipinski definition) is 17. The lowest BCUT2D eigenvalue weighted by Crippen LogP contribution is -2.57. The zero-order valence-corrected chi connectivity index (χ0v) is 61.3. The first kappa shape index (κ1) is 91.6. The van der Waals surface area contributed by atoms with Crippen LogP contribution in [0.15, 0.2) is 84.9 Å². The van der Waals surface area contributed by atoms with Gasteiger partial charge in [0.2, 0.25) is 11.8 Å². The maximum Gasteiger partial charge on any atom is 0.436 e. The smallest absolute Gasteiger partial charge is 0.436 e. The van der Waals surface area contributed by atoms with E-state index >= 15 is 0 Å². The van der Waals surface area contributed by atoms with Crippen LogP contribution in [0.25, 0.3) is 0 Å². The summed E-state index contributed by atoms with van der Waals surface area (Å²) in [7, 11) is 4.63. The van der Waals surface area contributed by atoms with Crippen LogP contribution in [-0.2, 0) is 73.4 Å². The highest BCUT2D eigenvalue weighted by Gasteiger charge is 2.42. The average molecular weight is 1640 g/mol. The number of amides is 2. The molecule has 3 fully saturated rings. The Morgan fingerprint density at radius 2 is 0.897 bits per heavy atom. The van der Waals surface area contributed by atoms with Crippen LogP contribution in [0.1, 0.15) is 68.9 Å². The molecular weight excluding hydrogens is 1560 g/mol. The third-order valence-corrected chi connectivity index (χ3v) is 18.9. The van der Waals surface area contributed by atoms with Gasteiger partial charge in [0, 0.05) is 101 Å². The van der Waals surface area contributed by atoms with Crippen LogP contribution in [-0.4, -0.2) is 191 Å². The van der Waals surface area contributed by atoms with E-state index in [2.05, 4.69) is 37.6 Å². The number of piperazine rings is 3. The van der Waals surface area contributed by atoms with E-state index in [1.54, 1.807) is 43.5 Å². The molecule has 0 aliphatic carbocycles. The molecule has 4 aromatic carbocycles. The molecule has 2 amide bonds. The maximum absolute atomic E-state index is 13.1. The van der Waals surface area contributed by atoms with Crippen LogP contribution >= 0.6 is 69.6 Å². The summed E-state index contributed by atoms with van der Waals surface area (Å²) >= 11 is 35.2. The summed E-state index contributed by atoms with van der Waals surface area (Å²) in [5.74, 6) is -0.947. The van der Waals surface area contributed by atoms with E-state index in [1.165, 1.54) is 57.3 Å². The number of aliphatic hydroxyl groups excluding tert-OH is 1. The molecule has 3 aliphatic rings. The zero-order valence-electron chi connectivity index (χ0n) is 56.8. The van der Waals surface area contributed by atoms with Gasteiger partial charge in [-0.25, -0.2) is 0 Å². The number of esters is 1. The van der Waals surface area contributed by atoms with Gasteiger partial charge in [-0.1, -0.05) is 122 Å². The molecule has 6 heterocycles. The molecule has 10 rings (SSSR count). The van der Waals surface area contributed by atoms with E-state index in [0.29, 0.717) is 76.4 Å². The number of alkyl halides is 9. The van der Waals surface area contributed by atoms with Crippen LogP contribution in [0.4, 0.5) is 56.6 Å². The Bertz CT molecular complexity index is 4100. The second-order valence-electron chi connectivity index (χ2n) is 23.5. The molecule has 23 nitrogen and oxygen atoms in total. The van der Waals surface area contributed by atoms with Crippen molar-refractivity contribution in [1.29, 1.82) is 0 Å². The monoisotopic (exact) mass is 1640 g/mol. The summed E-state index contributed by atoms with van der Waals surface area (Å²) in [5.41, 5.74) is 0.231. The maximum atomic E-state index is 13.1. The number of carbonyl (C=O) groups is 4. The molecule has 38 heteroatoms. The topological polar surface area (TPSA) is 237 Å². The Morgan fingerprint density at radius 1 is 0.523 bits per heavy atom. The number of methoxy groups -OCH3 is 3. The van der Waals surface area contributed by atoms with E-state index in [-0.39, 0.29) is 78.3 Å². The quantitative estimate of drug-likeness (QED) is 0.0504. The van der Waals surface area contributed by atoms with E-state index in [4.69, 9.17) is 98.4 Å². The second kappa shape index (κ2) is 40.6. The van der Waals surface area contributed by atoms with Crippen LogP contribution < -0.4 is 34.2 Å². The number of aliphatic carboxylic acids is 1. The summed E-state index contributed by atoms with van der Waals surface area (Å²) in [6.07, 6.45) is -14.1. The first-order chi connectivity index (χ1) is 49.0. The number of carboxylic acids is 1. The lowest BCUT2D eigenvalue weighted by atomic mass is 10.1. The minimum Gasteiger partial charge on any atom is -0.495 e. The van der Waals surface area contributed by atoms with Crippen LogP contribution in [0.5, 0.6) is 17.2 Å². The number of ether oxygens (including phenoxy) is 5. The summed E-state index contributed by atoms with van der Waals surface area (Å²) in [6.45, 7) is 9.53. The number of hydrogen-bond donors (Lipinski definition) is 3. The summed E-state index contributed by atoms with van der Waals surface area (Å²) in [5, 5.41) is 31.7. The number of nitrogens with one attached hydrogen (secondary N) is 1. The minimum absolute atomic E-state index is 0. The van der Waals surface area contributed by atoms with Crippen LogP contribution in [0.3, 0.4) is 0 Å². The highest BCUT2D eigenvalue weighted by molar-refractivity contribution is 6.33. The third kappa shape index (κ3) is 24.3. The van der Waals surface area contributed by atoms with Gasteiger partial charge in [0.15, 0.2) is 17.1 Å². The average Bonchev–Trinajstić information content (AvgIpc) is 1.78. The zero-order chi connectivity index (χ0) is 76.7. The highest BCUT2D eigenvalue weighted by atomic mass is 35.5. The van der Waals surface area contributed by atoms with Gasteiger partial charge in [-0.05, 0) is 62.7 Å². The number of carboxylic acid groups (broad SMARTS) is 1. The number of aliphatic hydroxyl groups is 1. The van der Waals surface area contributed by atoms with Crippen molar-refractivity contribution >= 4 is 110 Å². The van der Waals surface area contributed by atoms with Gasteiger partial charge in [0.1, 0.15) is 43.5 Å². The number of carbonyl (C=O) groups excluding carboxylic acids is 3. The SMILES string of the molecule is C.C.C.COc1cc(N2CCN(C(=O)Cn3nc(C(F)(F)F)c(Cl)c3C)C[C@@H]2CO)ccc1Cl.COc1cc(N2CCN(C(=O)Cn3nc(C(F)(F)F)c(Cl)c3C)C[C@@H]2COC(C)=O)ccc1Cl.COc1cc(N2CCNC[C@@H]2COCc2ccccc2)ccc1Cl.Cc1c(Cl)c(C(F)(F)F)nn1CC(=O)O. The van der Waals surface area contributed by atoms with Gasteiger partial charge in [-0.2, -0.15) is 54.8 Å². The lowest BCUT2D eigenvalue weighted by molar-refractivity contribution is -0.143. The largest absolute Gasteiger partial charge is 0.495 e. The van der Waals surface area contributed by atoms with Crippen molar-refractivity contribution in [2.45, 2.75) is 113 Å². The molecule has 107 heavy (non-hydrogen) atoms. The Kier molecular flexibility index (Phi) is 34.7. The normalized spacial score (nSPS) is 15.9. The van der Waals surface area contributed by atoms with Crippen molar-refractivity contribution in [1.82, 2.24) is 44.5 Å². The molecule has 3 saturated heterocycles. The molecule has 3 aliphatic heterocycles. The van der Waals surface area contributed by atoms with Crippen molar-refractivity contribution in [2.24, 2.45) is 0 Å². The van der Waals surface area contributed by atoms with Crippen molar-refractivity contribution in [3.05, 3.63) is 155 Å². The van der Waals surface area contributed by atoms with Crippen LogP contribution in [0, 0.1) is 20.8 Å². The first-order valence-corrected chi connectivity index (χ1v) is 33.8. The van der Waals surface area contributed by atoms with Crippen molar-refractivity contribution in [2.75, 3.05) is 115 Å². The van der Waals surface area contributed by atoms with Gasteiger partial charge >= 0.3 is 30.5 Å². The summed E-state index contributed by atoms with van der Waals surface area (Å²) < 4.78 is 145. The minimum atomic E-state index is -4.73. The van der Waals surface area contributed by atoms with Gasteiger partial charge < -0.3 is 63.7 Å². The van der Waals surface area contributed by atoms with Crippen molar-refractivity contribution in [3.8, 4) is 17.2 Å². The molecule has 3 aromatic heterocycles. The fraction of sp³-hybridized carbons (Fsp3) is 0.464. The molecule has 592 valence electrons. The Labute approximate surface area is 643 Å².